The molecule has 2 heteroatoms. The second-order valence-electron chi connectivity index (χ2n) is 3.50. The van der Waals surface area contributed by atoms with Crippen molar-refractivity contribution in [2.24, 2.45) is 0 Å². The van der Waals surface area contributed by atoms with Crippen LogP contribution in [0.4, 0.5) is 0 Å². The van der Waals surface area contributed by atoms with Crippen molar-refractivity contribution >= 4 is 11.6 Å². The van der Waals surface area contributed by atoms with Gasteiger partial charge >= 0.3 is 0 Å². The van der Waals surface area contributed by atoms with E-state index in [0.29, 0.717) is 0 Å². The van der Waals surface area contributed by atoms with E-state index in [-0.39, 0.29) is 0 Å². The van der Waals surface area contributed by atoms with E-state index in [1.807, 2.05) is 44.1 Å². The van der Waals surface area contributed by atoms with Gasteiger partial charge in [0.05, 0.1) is 6.54 Å². The molecular weight excluding hydrogens is 194 g/mol. The summed E-state index contributed by atoms with van der Waals surface area (Å²) in [5.74, 6) is 6.17. The minimum Gasteiger partial charge on any atom is -0.299 e. The van der Waals surface area contributed by atoms with Crippen LogP contribution in [0.2, 0.25) is 5.02 Å². The van der Waals surface area contributed by atoms with Crippen LogP contribution in [0, 0.1) is 18.8 Å². The van der Waals surface area contributed by atoms with Gasteiger partial charge in [0.1, 0.15) is 0 Å². The number of halogens is 1. The molecule has 0 bridgehead atoms. The molecule has 1 aromatic carbocycles. The van der Waals surface area contributed by atoms with Gasteiger partial charge in [-0.05, 0) is 44.8 Å². The van der Waals surface area contributed by atoms with Crippen LogP contribution in [-0.2, 0) is 0 Å². The first kappa shape index (κ1) is 11.1. The fourth-order valence-electron chi connectivity index (χ4n) is 1.02. The molecule has 0 atom stereocenters. The van der Waals surface area contributed by atoms with E-state index in [9.17, 15) is 0 Å². The Kier molecular flexibility index (Phi) is 4.00. The molecule has 0 radical (unpaired) electrons. The Morgan fingerprint density at radius 2 is 2.07 bits per heavy atom. The molecule has 0 saturated heterocycles. The normalized spacial score (nSPS) is 9.79. The summed E-state index contributed by atoms with van der Waals surface area (Å²) in [7, 11) is 4.00. The summed E-state index contributed by atoms with van der Waals surface area (Å²) in [4.78, 5) is 2.04. The molecule has 0 aromatic heterocycles. The third-order valence-electron chi connectivity index (χ3n) is 1.79. The third-order valence-corrected chi connectivity index (χ3v) is 2.21. The maximum Gasteiger partial charge on any atom is 0.0600 e. The summed E-state index contributed by atoms with van der Waals surface area (Å²) in [6.45, 7) is 2.77. The molecule has 1 nitrogen and oxygen atoms in total. The van der Waals surface area contributed by atoms with E-state index in [4.69, 9.17) is 11.6 Å². The average molecular weight is 208 g/mol. The van der Waals surface area contributed by atoms with Crippen molar-refractivity contribution in [3.05, 3.63) is 34.3 Å². The lowest BCUT2D eigenvalue weighted by atomic mass is 10.1. The molecule has 14 heavy (non-hydrogen) atoms. The largest absolute Gasteiger partial charge is 0.299 e. The molecule has 0 unspecified atom stereocenters. The van der Waals surface area contributed by atoms with Gasteiger partial charge in [0.2, 0.25) is 0 Å². The number of nitrogens with zero attached hydrogens (tertiary/aromatic N) is 1. The SMILES string of the molecule is Cc1cc(C#CCN(C)C)ccc1Cl. The summed E-state index contributed by atoms with van der Waals surface area (Å²) in [5, 5.41) is 0.795. The molecular formula is C12H14ClN. The standard InChI is InChI=1S/C12H14ClN/c1-10-9-11(6-7-12(10)13)5-4-8-14(2)3/h6-7,9H,8H2,1-3H3. The Labute approximate surface area is 90.7 Å². The van der Waals surface area contributed by atoms with Crippen LogP contribution < -0.4 is 0 Å². The van der Waals surface area contributed by atoms with Gasteiger partial charge in [-0.3, -0.25) is 4.90 Å². The summed E-state index contributed by atoms with van der Waals surface area (Å²) in [6.07, 6.45) is 0. The van der Waals surface area contributed by atoms with Crippen LogP contribution in [0.3, 0.4) is 0 Å². The second-order valence-corrected chi connectivity index (χ2v) is 3.91. The lowest BCUT2D eigenvalue weighted by Gasteiger charge is -2.01. The van der Waals surface area contributed by atoms with Gasteiger partial charge in [0.15, 0.2) is 0 Å². The summed E-state index contributed by atoms with van der Waals surface area (Å²) < 4.78 is 0. The quantitative estimate of drug-likeness (QED) is 0.640. The Morgan fingerprint density at radius 3 is 2.64 bits per heavy atom. The van der Waals surface area contributed by atoms with Crippen molar-refractivity contribution in [3.63, 3.8) is 0 Å². The molecule has 0 N–H and O–H groups in total. The Morgan fingerprint density at radius 1 is 1.36 bits per heavy atom. The van der Waals surface area contributed by atoms with E-state index in [1.54, 1.807) is 0 Å². The minimum absolute atomic E-state index is 0.779. The molecule has 0 saturated carbocycles. The molecule has 1 aromatic rings. The summed E-state index contributed by atoms with van der Waals surface area (Å²) in [5.41, 5.74) is 2.09. The highest BCUT2D eigenvalue weighted by molar-refractivity contribution is 6.31. The van der Waals surface area contributed by atoms with Crippen LogP contribution in [0.1, 0.15) is 11.1 Å². The van der Waals surface area contributed by atoms with Gasteiger partial charge in [-0.2, -0.15) is 0 Å². The topological polar surface area (TPSA) is 3.24 Å². The Balaban J connectivity index is 2.76. The molecule has 0 aliphatic carbocycles. The maximum atomic E-state index is 5.91. The van der Waals surface area contributed by atoms with Crippen molar-refractivity contribution in [1.82, 2.24) is 4.90 Å². The highest BCUT2D eigenvalue weighted by Crippen LogP contribution is 2.15. The summed E-state index contributed by atoms with van der Waals surface area (Å²) >= 11 is 5.91. The minimum atomic E-state index is 0.779. The van der Waals surface area contributed by atoms with Crippen LogP contribution in [0.25, 0.3) is 0 Å². The zero-order valence-electron chi connectivity index (χ0n) is 8.76. The molecule has 1 rings (SSSR count). The van der Waals surface area contributed by atoms with Gasteiger partial charge in [0, 0.05) is 10.6 Å². The number of aryl methyl sites for hydroxylation is 1. The van der Waals surface area contributed by atoms with Crippen LogP contribution in [0.5, 0.6) is 0 Å². The first-order chi connectivity index (χ1) is 6.59. The van der Waals surface area contributed by atoms with E-state index >= 15 is 0 Å². The molecule has 74 valence electrons. The number of hydrogen-bond acceptors (Lipinski definition) is 1. The smallest absolute Gasteiger partial charge is 0.0600 e. The lowest BCUT2D eigenvalue weighted by molar-refractivity contribution is 0.464. The van der Waals surface area contributed by atoms with Crippen LogP contribution in [0.15, 0.2) is 18.2 Å². The third kappa shape index (κ3) is 3.41. The van der Waals surface area contributed by atoms with Crippen molar-refractivity contribution in [1.29, 1.82) is 0 Å². The predicted octanol–water partition coefficient (Wildman–Crippen LogP) is 2.56. The highest BCUT2D eigenvalue weighted by Gasteiger charge is 1.94. The van der Waals surface area contributed by atoms with Crippen molar-refractivity contribution in [2.75, 3.05) is 20.6 Å². The maximum absolute atomic E-state index is 5.91. The average Bonchev–Trinajstić information content (AvgIpc) is 2.10. The van der Waals surface area contributed by atoms with Gasteiger partial charge < -0.3 is 0 Å². The Bertz CT molecular complexity index is 372. The van der Waals surface area contributed by atoms with Gasteiger partial charge in [-0.15, -0.1) is 0 Å². The number of rotatable bonds is 1. The lowest BCUT2D eigenvalue weighted by Crippen LogP contribution is -2.10. The first-order valence-electron chi connectivity index (χ1n) is 4.49. The zero-order valence-corrected chi connectivity index (χ0v) is 9.52. The molecule has 0 aliphatic rings. The van der Waals surface area contributed by atoms with E-state index in [2.05, 4.69) is 11.8 Å². The fraction of sp³-hybridized carbons (Fsp3) is 0.333. The molecule has 0 heterocycles. The van der Waals surface area contributed by atoms with E-state index < -0.39 is 0 Å². The van der Waals surface area contributed by atoms with Gasteiger partial charge in [0.25, 0.3) is 0 Å². The first-order valence-corrected chi connectivity index (χ1v) is 4.87. The predicted molar refractivity (Wildman–Crippen MR) is 61.6 cm³/mol. The molecule has 0 spiro atoms. The molecule has 0 amide bonds. The van der Waals surface area contributed by atoms with Crippen molar-refractivity contribution in [3.8, 4) is 11.8 Å². The highest BCUT2D eigenvalue weighted by atomic mass is 35.5. The van der Waals surface area contributed by atoms with E-state index in [1.165, 1.54) is 0 Å². The van der Waals surface area contributed by atoms with Gasteiger partial charge in [-0.25, -0.2) is 0 Å². The van der Waals surface area contributed by atoms with Crippen molar-refractivity contribution < 1.29 is 0 Å². The molecule has 0 fully saturated rings. The second kappa shape index (κ2) is 5.05. The summed E-state index contributed by atoms with van der Waals surface area (Å²) in [6, 6.07) is 5.83. The number of benzene rings is 1. The Hall–Kier alpha value is -0.970. The number of hydrogen-bond donors (Lipinski definition) is 0. The van der Waals surface area contributed by atoms with E-state index in [0.717, 1.165) is 22.7 Å². The van der Waals surface area contributed by atoms with Crippen molar-refractivity contribution in [2.45, 2.75) is 6.92 Å². The van der Waals surface area contributed by atoms with Crippen LogP contribution >= 0.6 is 11.6 Å². The van der Waals surface area contributed by atoms with Gasteiger partial charge in [-0.1, -0.05) is 23.4 Å². The van der Waals surface area contributed by atoms with Crippen LogP contribution in [-0.4, -0.2) is 25.5 Å². The molecule has 0 aliphatic heterocycles. The monoisotopic (exact) mass is 207 g/mol. The zero-order chi connectivity index (χ0) is 10.6. The fourth-order valence-corrected chi connectivity index (χ4v) is 1.14.